The molecule has 1 aliphatic carbocycles. The third-order valence-corrected chi connectivity index (χ3v) is 5.80. The molecule has 1 aromatic carbocycles. The van der Waals surface area contributed by atoms with E-state index >= 15 is 0 Å². The Labute approximate surface area is 152 Å². The highest BCUT2D eigenvalue weighted by Gasteiger charge is 2.47. The zero-order chi connectivity index (χ0) is 18.4. The molecule has 1 N–H and O–H groups in total. The average Bonchev–Trinajstić information content (AvgIpc) is 3.36. The van der Waals surface area contributed by atoms with E-state index in [-0.39, 0.29) is 30.9 Å². The third-order valence-electron chi connectivity index (χ3n) is 5.80. The predicted octanol–water partition coefficient (Wildman–Crippen LogP) is 1.63. The second kappa shape index (κ2) is 6.30. The molecule has 7 nitrogen and oxygen atoms in total. The first-order chi connectivity index (χ1) is 12.5. The summed E-state index contributed by atoms with van der Waals surface area (Å²) in [6, 6.07) is 7.37. The molecule has 138 valence electrons. The molecule has 0 aromatic heterocycles. The van der Waals surface area contributed by atoms with Gasteiger partial charge >= 0.3 is 12.0 Å². The van der Waals surface area contributed by atoms with Gasteiger partial charge in [0.25, 0.3) is 0 Å². The highest BCUT2D eigenvalue weighted by atomic mass is 16.4. The fourth-order valence-electron chi connectivity index (χ4n) is 4.22. The average molecular weight is 357 g/mol. The molecule has 1 aromatic rings. The van der Waals surface area contributed by atoms with Crippen molar-refractivity contribution in [1.82, 2.24) is 9.80 Å². The van der Waals surface area contributed by atoms with Crippen LogP contribution in [0, 0.1) is 17.8 Å². The van der Waals surface area contributed by atoms with Gasteiger partial charge in [-0.25, -0.2) is 4.79 Å². The van der Waals surface area contributed by atoms with Crippen LogP contribution in [0.1, 0.15) is 18.4 Å². The number of rotatable bonds is 4. The number of benzene rings is 1. The van der Waals surface area contributed by atoms with E-state index in [1.54, 1.807) is 16.8 Å². The number of para-hydroxylation sites is 1. The second-order valence-electron chi connectivity index (χ2n) is 7.60. The molecule has 4 rings (SSSR count). The van der Waals surface area contributed by atoms with Crippen LogP contribution < -0.4 is 4.90 Å². The highest BCUT2D eigenvalue weighted by molar-refractivity contribution is 5.99. The molecule has 0 spiro atoms. The van der Waals surface area contributed by atoms with Gasteiger partial charge in [-0.05, 0) is 36.3 Å². The van der Waals surface area contributed by atoms with Crippen LogP contribution in [0.3, 0.4) is 0 Å². The van der Waals surface area contributed by atoms with Crippen LogP contribution in [-0.2, 0) is 16.1 Å². The molecule has 3 aliphatic rings. The smallest absolute Gasteiger partial charge is 0.325 e. The minimum absolute atomic E-state index is 0.0449. The maximum atomic E-state index is 12.9. The number of aliphatic carboxylic acids is 1. The van der Waals surface area contributed by atoms with E-state index in [1.807, 2.05) is 24.3 Å². The first-order valence-corrected chi connectivity index (χ1v) is 9.07. The van der Waals surface area contributed by atoms with Crippen LogP contribution in [0.25, 0.3) is 0 Å². The minimum atomic E-state index is -0.823. The first kappa shape index (κ1) is 16.9. The largest absolute Gasteiger partial charge is 0.481 e. The lowest BCUT2D eigenvalue weighted by atomic mass is 9.92. The number of amides is 3. The number of carbonyl (C=O) groups excluding carboxylic acids is 2. The molecule has 7 heteroatoms. The Kier molecular flexibility index (Phi) is 4.09. The molecule has 26 heavy (non-hydrogen) atoms. The number of urea groups is 1. The van der Waals surface area contributed by atoms with Crippen LogP contribution in [0.5, 0.6) is 0 Å². The molecule has 2 atom stereocenters. The molecule has 0 bridgehead atoms. The van der Waals surface area contributed by atoms with Gasteiger partial charge < -0.3 is 14.9 Å². The molecule has 0 radical (unpaired) electrons. The van der Waals surface area contributed by atoms with E-state index in [0.29, 0.717) is 19.0 Å². The number of hydrogen-bond donors (Lipinski definition) is 1. The minimum Gasteiger partial charge on any atom is -0.481 e. The van der Waals surface area contributed by atoms with Crippen molar-refractivity contribution in [1.29, 1.82) is 0 Å². The zero-order valence-corrected chi connectivity index (χ0v) is 14.8. The molecular weight excluding hydrogens is 334 g/mol. The Bertz CT molecular complexity index is 761. The number of carboxylic acids is 1. The van der Waals surface area contributed by atoms with E-state index in [1.165, 1.54) is 4.90 Å². The molecule has 0 unspecified atom stereocenters. The monoisotopic (exact) mass is 357 g/mol. The topological polar surface area (TPSA) is 81.2 Å². The number of carboxylic acid groups (broad SMARTS) is 1. The van der Waals surface area contributed by atoms with Gasteiger partial charge in [0.05, 0.1) is 11.6 Å². The molecule has 1 saturated carbocycles. The van der Waals surface area contributed by atoms with E-state index in [0.717, 1.165) is 24.1 Å². The lowest BCUT2D eigenvalue weighted by molar-refractivity contribution is -0.142. The van der Waals surface area contributed by atoms with E-state index in [2.05, 4.69) is 0 Å². The van der Waals surface area contributed by atoms with Crippen molar-refractivity contribution in [3.8, 4) is 0 Å². The van der Waals surface area contributed by atoms with Gasteiger partial charge in [-0.3, -0.25) is 14.5 Å². The summed E-state index contributed by atoms with van der Waals surface area (Å²) in [6.07, 6.45) is 2.11. The molecule has 3 amide bonds. The van der Waals surface area contributed by atoms with E-state index in [4.69, 9.17) is 0 Å². The van der Waals surface area contributed by atoms with Gasteiger partial charge in [-0.1, -0.05) is 18.2 Å². The summed E-state index contributed by atoms with van der Waals surface area (Å²) < 4.78 is 0. The van der Waals surface area contributed by atoms with Gasteiger partial charge in [-0.15, -0.1) is 0 Å². The summed E-state index contributed by atoms with van der Waals surface area (Å²) in [5, 5.41) is 9.48. The molecule has 1 saturated heterocycles. The fraction of sp³-hybridized carbons (Fsp3) is 0.526. The Balaban J connectivity index is 1.51. The van der Waals surface area contributed by atoms with Crippen LogP contribution in [0.4, 0.5) is 10.5 Å². The quantitative estimate of drug-likeness (QED) is 0.888. The third kappa shape index (κ3) is 2.91. The van der Waals surface area contributed by atoms with Gasteiger partial charge in [-0.2, -0.15) is 0 Å². The van der Waals surface area contributed by atoms with Gasteiger partial charge in [0, 0.05) is 26.7 Å². The summed E-state index contributed by atoms with van der Waals surface area (Å²) in [7, 11) is 1.72. The van der Waals surface area contributed by atoms with Gasteiger partial charge in [0.15, 0.2) is 0 Å². The van der Waals surface area contributed by atoms with Crippen molar-refractivity contribution in [2.45, 2.75) is 19.4 Å². The van der Waals surface area contributed by atoms with Gasteiger partial charge in [0.1, 0.15) is 6.54 Å². The number of likely N-dealkylation sites (tertiary alicyclic amines) is 1. The lowest BCUT2D eigenvalue weighted by Crippen LogP contribution is -2.49. The van der Waals surface area contributed by atoms with Gasteiger partial charge in [0.2, 0.25) is 5.91 Å². The standard InChI is InChI=1S/C19H23N3O4/c1-20-8-13-4-2-3-5-16(13)22(19(20)26)11-17(23)21-9-14(12-6-7-12)15(10-21)18(24)25/h2-5,12,14-15H,6-11H2,1H3,(H,24,25)/t14-,15+/m1/s1. The summed E-state index contributed by atoms with van der Waals surface area (Å²) in [5.74, 6) is -1.02. The summed E-state index contributed by atoms with van der Waals surface area (Å²) in [5.41, 5.74) is 1.76. The SMILES string of the molecule is CN1Cc2ccccc2N(CC(=O)N2C[C@H](C(=O)O)[C@@H](C3CC3)C2)C1=O. The fourth-order valence-corrected chi connectivity index (χ4v) is 4.22. The summed E-state index contributed by atoms with van der Waals surface area (Å²) >= 11 is 0. The van der Waals surface area contributed by atoms with Crippen molar-refractivity contribution in [2.75, 3.05) is 31.6 Å². The van der Waals surface area contributed by atoms with Crippen LogP contribution in [0.2, 0.25) is 0 Å². The molecule has 2 heterocycles. The van der Waals surface area contributed by atoms with E-state index < -0.39 is 11.9 Å². The van der Waals surface area contributed by atoms with E-state index in [9.17, 15) is 19.5 Å². The number of hydrogen-bond acceptors (Lipinski definition) is 3. The van der Waals surface area contributed by atoms with Crippen molar-refractivity contribution in [2.24, 2.45) is 17.8 Å². The molecule has 2 aliphatic heterocycles. The number of nitrogens with zero attached hydrogens (tertiary/aromatic N) is 3. The summed E-state index contributed by atoms with van der Waals surface area (Å²) in [4.78, 5) is 41.7. The van der Waals surface area contributed by atoms with Crippen molar-refractivity contribution in [3.05, 3.63) is 29.8 Å². The van der Waals surface area contributed by atoms with Crippen molar-refractivity contribution < 1.29 is 19.5 Å². The number of carbonyl (C=O) groups is 3. The number of fused-ring (bicyclic) bond motifs is 1. The predicted molar refractivity (Wildman–Crippen MR) is 94.6 cm³/mol. The summed E-state index contributed by atoms with van der Waals surface area (Å²) in [6.45, 7) is 1.20. The Hall–Kier alpha value is -2.57. The van der Waals surface area contributed by atoms with Crippen LogP contribution >= 0.6 is 0 Å². The van der Waals surface area contributed by atoms with Crippen molar-refractivity contribution >= 4 is 23.6 Å². The highest BCUT2D eigenvalue weighted by Crippen LogP contribution is 2.44. The van der Waals surface area contributed by atoms with Crippen molar-refractivity contribution in [3.63, 3.8) is 0 Å². The Morgan fingerprint density at radius 2 is 1.92 bits per heavy atom. The molecular formula is C19H23N3O4. The Morgan fingerprint density at radius 1 is 1.19 bits per heavy atom. The first-order valence-electron chi connectivity index (χ1n) is 9.07. The Morgan fingerprint density at radius 3 is 2.62 bits per heavy atom. The van der Waals surface area contributed by atoms with Crippen LogP contribution in [-0.4, -0.2) is 59.5 Å². The normalized spacial score (nSPS) is 25.4. The molecule has 2 fully saturated rings. The number of anilines is 1. The second-order valence-corrected chi connectivity index (χ2v) is 7.60. The maximum absolute atomic E-state index is 12.9. The van der Waals surface area contributed by atoms with Crippen LogP contribution in [0.15, 0.2) is 24.3 Å². The maximum Gasteiger partial charge on any atom is 0.325 e. The zero-order valence-electron chi connectivity index (χ0n) is 14.8. The lowest BCUT2D eigenvalue weighted by Gasteiger charge is -2.35.